The SMILES string of the molecule is COc1ccc2c(c1OC)C(=O)O[C@@H]2[C@H]1c2c(c(C3CC3)c3c(c2OC)OCO3)CCN1C(=O)OC(C)(C)C. The van der Waals surface area contributed by atoms with Gasteiger partial charge in [0.15, 0.2) is 29.1 Å². The van der Waals surface area contributed by atoms with E-state index < -0.39 is 29.8 Å². The van der Waals surface area contributed by atoms with Gasteiger partial charge in [-0.1, -0.05) is 6.07 Å². The van der Waals surface area contributed by atoms with Crippen LogP contribution >= 0.6 is 0 Å². The Morgan fingerprint density at radius 1 is 0.974 bits per heavy atom. The molecule has 4 aliphatic rings. The summed E-state index contributed by atoms with van der Waals surface area (Å²) in [6.45, 7) is 5.93. The highest BCUT2D eigenvalue weighted by Gasteiger charge is 2.51. The van der Waals surface area contributed by atoms with E-state index in [1.165, 1.54) is 14.2 Å². The number of cyclic esters (lactones) is 1. The summed E-state index contributed by atoms with van der Waals surface area (Å²) in [4.78, 5) is 28.7. The molecule has 0 bridgehead atoms. The van der Waals surface area contributed by atoms with E-state index in [0.717, 1.165) is 29.5 Å². The maximum absolute atomic E-state index is 13.7. The lowest BCUT2D eigenvalue weighted by Crippen LogP contribution is -2.45. The van der Waals surface area contributed by atoms with Gasteiger partial charge in [-0.15, -0.1) is 0 Å². The zero-order valence-corrected chi connectivity index (χ0v) is 23.0. The molecule has 1 amide bonds. The van der Waals surface area contributed by atoms with Crippen LogP contribution in [0.4, 0.5) is 4.79 Å². The number of nitrogens with zero attached hydrogens (tertiary/aromatic N) is 1. The quantitative estimate of drug-likeness (QED) is 0.482. The monoisotopic (exact) mass is 539 g/mol. The largest absolute Gasteiger partial charge is 0.493 e. The highest BCUT2D eigenvalue weighted by molar-refractivity contribution is 5.98. The van der Waals surface area contributed by atoms with Gasteiger partial charge in [0.05, 0.1) is 21.3 Å². The third-order valence-electron chi connectivity index (χ3n) is 7.62. The molecule has 10 nitrogen and oxygen atoms in total. The molecule has 3 aliphatic heterocycles. The second-order valence-corrected chi connectivity index (χ2v) is 11.1. The standard InChI is InChI=1S/C29H33NO9/c1-29(2,3)39-28(32)30-12-11-15-18(14-7-8-14)25-26(37-13-36-25)24(35-6)19(15)21(30)22-16-9-10-17(33-4)23(34-5)20(16)27(31)38-22/h9-10,14,21-22H,7-8,11-13H2,1-6H3/t21-,22+/m1/s1. The van der Waals surface area contributed by atoms with E-state index in [0.29, 0.717) is 53.2 Å². The minimum absolute atomic E-state index is 0.0903. The highest BCUT2D eigenvalue weighted by atomic mass is 16.7. The predicted molar refractivity (Wildman–Crippen MR) is 138 cm³/mol. The molecule has 10 heteroatoms. The number of fused-ring (bicyclic) bond motifs is 3. The van der Waals surface area contributed by atoms with Crippen molar-refractivity contribution in [3.8, 4) is 28.7 Å². The molecule has 1 fully saturated rings. The van der Waals surface area contributed by atoms with Crippen molar-refractivity contribution in [1.82, 2.24) is 4.90 Å². The first kappa shape index (κ1) is 25.5. The van der Waals surface area contributed by atoms with Crippen LogP contribution in [0, 0.1) is 0 Å². The molecular weight excluding hydrogens is 506 g/mol. The number of benzene rings is 2. The molecule has 6 rings (SSSR count). The van der Waals surface area contributed by atoms with Crippen molar-refractivity contribution < 1.29 is 42.7 Å². The summed E-state index contributed by atoms with van der Waals surface area (Å²) in [5.41, 5.74) is 3.05. The topological polar surface area (TPSA) is 102 Å². The van der Waals surface area contributed by atoms with Crippen molar-refractivity contribution in [3.05, 3.63) is 39.9 Å². The number of hydrogen-bond donors (Lipinski definition) is 0. The first-order chi connectivity index (χ1) is 18.7. The smallest absolute Gasteiger partial charge is 0.410 e. The zero-order valence-electron chi connectivity index (χ0n) is 23.0. The zero-order chi connectivity index (χ0) is 27.6. The molecule has 1 aliphatic carbocycles. The summed E-state index contributed by atoms with van der Waals surface area (Å²) in [5.74, 6) is 2.21. The molecule has 2 aromatic carbocycles. The van der Waals surface area contributed by atoms with E-state index in [4.69, 9.17) is 33.2 Å². The molecule has 0 radical (unpaired) electrons. The van der Waals surface area contributed by atoms with Crippen LogP contribution in [0.3, 0.4) is 0 Å². The van der Waals surface area contributed by atoms with E-state index in [2.05, 4.69) is 0 Å². The molecule has 1 saturated carbocycles. The van der Waals surface area contributed by atoms with Crippen molar-refractivity contribution in [2.45, 2.75) is 63.7 Å². The highest BCUT2D eigenvalue weighted by Crippen LogP contribution is 2.60. The molecule has 2 atom stereocenters. The van der Waals surface area contributed by atoms with Crippen molar-refractivity contribution >= 4 is 12.1 Å². The van der Waals surface area contributed by atoms with Gasteiger partial charge < -0.3 is 33.2 Å². The number of carbonyl (C=O) groups is 2. The van der Waals surface area contributed by atoms with Crippen LogP contribution in [-0.2, 0) is 15.9 Å². The van der Waals surface area contributed by atoms with E-state index in [1.54, 1.807) is 24.1 Å². The second kappa shape index (κ2) is 9.14. The van der Waals surface area contributed by atoms with Crippen molar-refractivity contribution in [1.29, 1.82) is 0 Å². The lowest BCUT2D eigenvalue weighted by molar-refractivity contribution is -0.0195. The van der Waals surface area contributed by atoms with Crippen LogP contribution in [0.1, 0.15) is 84.3 Å². The molecule has 0 unspecified atom stereocenters. The van der Waals surface area contributed by atoms with E-state index >= 15 is 0 Å². The first-order valence-corrected chi connectivity index (χ1v) is 13.2. The Labute approximate surface area is 227 Å². The number of amides is 1. The number of methoxy groups -OCH3 is 3. The molecule has 2 aromatic rings. The van der Waals surface area contributed by atoms with Crippen LogP contribution in [0.5, 0.6) is 28.7 Å². The molecule has 0 aromatic heterocycles. The minimum Gasteiger partial charge on any atom is -0.493 e. The maximum Gasteiger partial charge on any atom is 0.410 e. The van der Waals surface area contributed by atoms with E-state index in [-0.39, 0.29) is 12.4 Å². The Kier molecular flexibility index (Phi) is 5.96. The molecule has 39 heavy (non-hydrogen) atoms. The number of esters is 1. The summed E-state index contributed by atoms with van der Waals surface area (Å²) in [7, 11) is 4.56. The van der Waals surface area contributed by atoms with Gasteiger partial charge in [-0.3, -0.25) is 4.90 Å². The fourth-order valence-corrected chi connectivity index (χ4v) is 6.01. The molecule has 0 saturated heterocycles. The Balaban J connectivity index is 1.58. The van der Waals surface area contributed by atoms with Crippen molar-refractivity contribution in [2.75, 3.05) is 34.7 Å². The molecule has 0 N–H and O–H groups in total. The Morgan fingerprint density at radius 3 is 2.33 bits per heavy atom. The van der Waals surface area contributed by atoms with Crippen LogP contribution in [0.25, 0.3) is 0 Å². The fraction of sp³-hybridized carbons (Fsp3) is 0.517. The van der Waals surface area contributed by atoms with Gasteiger partial charge in [0.25, 0.3) is 0 Å². The second-order valence-electron chi connectivity index (χ2n) is 11.1. The number of rotatable bonds is 5. The van der Waals surface area contributed by atoms with Crippen molar-refractivity contribution in [3.63, 3.8) is 0 Å². The van der Waals surface area contributed by atoms with Gasteiger partial charge in [0, 0.05) is 23.2 Å². The van der Waals surface area contributed by atoms with E-state index in [1.807, 2.05) is 20.8 Å². The van der Waals surface area contributed by atoms with Gasteiger partial charge in [-0.05, 0) is 57.6 Å². The Morgan fingerprint density at radius 2 is 1.69 bits per heavy atom. The Hall–Kier alpha value is -3.82. The van der Waals surface area contributed by atoms with Crippen molar-refractivity contribution in [2.24, 2.45) is 0 Å². The van der Waals surface area contributed by atoms with Crippen LogP contribution in [0.2, 0.25) is 0 Å². The van der Waals surface area contributed by atoms with Gasteiger partial charge in [-0.2, -0.15) is 0 Å². The Bertz CT molecular complexity index is 1360. The summed E-state index contributed by atoms with van der Waals surface area (Å²) >= 11 is 0. The predicted octanol–water partition coefficient (Wildman–Crippen LogP) is 5.06. The maximum atomic E-state index is 13.7. The molecule has 3 heterocycles. The van der Waals surface area contributed by atoms with Crippen LogP contribution in [0.15, 0.2) is 12.1 Å². The van der Waals surface area contributed by atoms with Gasteiger partial charge >= 0.3 is 12.1 Å². The number of carbonyl (C=O) groups excluding carboxylic acids is 2. The van der Waals surface area contributed by atoms with Gasteiger partial charge in [0.2, 0.25) is 12.5 Å². The summed E-state index contributed by atoms with van der Waals surface area (Å²) in [5, 5.41) is 0. The molecule has 208 valence electrons. The normalized spacial score (nSPS) is 21.2. The van der Waals surface area contributed by atoms with Crippen LogP contribution in [-0.4, -0.2) is 57.2 Å². The van der Waals surface area contributed by atoms with Gasteiger partial charge in [-0.25, -0.2) is 9.59 Å². The third kappa shape index (κ3) is 3.99. The number of ether oxygens (including phenoxy) is 7. The fourth-order valence-electron chi connectivity index (χ4n) is 6.01. The molecular formula is C29H33NO9. The average Bonchev–Trinajstić information content (AvgIpc) is 3.52. The summed E-state index contributed by atoms with van der Waals surface area (Å²) in [6.07, 6.45) is 1.32. The molecule has 0 spiro atoms. The lowest BCUT2D eigenvalue weighted by atomic mass is 9.82. The first-order valence-electron chi connectivity index (χ1n) is 13.2. The minimum atomic E-state index is -0.847. The third-order valence-corrected chi connectivity index (χ3v) is 7.62. The average molecular weight is 540 g/mol. The lowest BCUT2D eigenvalue weighted by Gasteiger charge is -2.41. The number of hydrogen-bond acceptors (Lipinski definition) is 9. The summed E-state index contributed by atoms with van der Waals surface area (Å²) in [6, 6.07) is 2.78. The van der Waals surface area contributed by atoms with E-state index in [9.17, 15) is 9.59 Å². The summed E-state index contributed by atoms with van der Waals surface area (Å²) < 4.78 is 40.7. The van der Waals surface area contributed by atoms with Gasteiger partial charge in [0.1, 0.15) is 17.2 Å². The van der Waals surface area contributed by atoms with Crippen LogP contribution < -0.4 is 23.7 Å².